The molecule has 2 saturated carbocycles. The van der Waals surface area contributed by atoms with Gasteiger partial charge in [0.05, 0.1) is 12.2 Å². The van der Waals surface area contributed by atoms with Gasteiger partial charge in [-0.25, -0.2) is 4.79 Å². The molecular formula is C40H54O7. The van der Waals surface area contributed by atoms with Crippen molar-refractivity contribution in [2.75, 3.05) is 6.61 Å². The van der Waals surface area contributed by atoms with E-state index in [4.69, 9.17) is 4.74 Å². The Morgan fingerprint density at radius 1 is 1.04 bits per heavy atom. The maximum atomic E-state index is 13.4. The third-order valence-electron chi connectivity index (χ3n) is 12.4. The van der Waals surface area contributed by atoms with Crippen LogP contribution >= 0.6 is 0 Å². The van der Waals surface area contributed by atoms with Crippen LogP contribution in [0.2, 0.25) is 0 Å². The van der Waals surface area contributed by atoms with Crippen molar-refractivity contribution in [3.63, 3.8) is 0 Å². The number of hydrogen-bond acceptors (Lipinski definition) is 7. The van der Waals surface area contributed by atoms with Gasteiger partial charge in [-0.3, -0.25) is 4.79 Å². The van der Waals surface area contributed by atoms with Crippen molar-refractivity contribution in [2.45, 2.75) is 111 Å². The van der Waals surface area contributed by atoms with Gasteiger partial charge >= 0.3 is 5.97 Å². The minimum atomic E-state index is -1.94. The zero-order chi connectivity index (χ0) is 34.9. The summed E-state index contributed by atoms with van der Waals surface area (Å²) in [6.07, 6.45) is 17.1. The Kier molecular flexibility index (Phi) is 9.01. The Hall–Kier alpha value is -2.84. The van der Waals surface area contributed by atoms with Crippen molar-refractivity contribution in [2.24, 2.45) is 34.5 Å². The number of ether oxygens (including phenoxy) is 1. The molecule has 0 aromatic heterocycles. The molecule has 5 rings (SSSR count). The summed E-state index contributed by atoms with van der Waals surface area (Å²) in [5, 5.41) is 46.7. The Bertz CT molecular complexity index is 1560. The number of fused-ring (bicyclic) bond motifs is 5. The number of ketones is 1. The van der Waals surface area contributed by atoms with Crippen LogP contribution < -0.4 is 0 Å². The van der Waals surface area contributed by atoms with Crippen LogP contribution in [0.25, 0.3) is 0 Å². The normalized spacial score (nSPS) is 39.7. The van der Waals surface area contributed by atoms with Crippen LogP contribution in [-0.2, 0) is 14.3 Å². The van der Waals surface area contributed by atoms with Gasteiger partial charge in [-0.05, 0) is 74.7 Å². The topological polar surface area (TPSA) is 124 Å². The van der Waals surface area contributed by atoms with Gasteiger partial charge in [0.2, 0.25) is 0 Å². The van der Waals surface area contributed by atoms with Gasteiger partial charge in [0.15, 0.2) is 5.78 Å². The van der Waals surface area contributed by atoms with Crippen molar-refractivity contribution in [1.82, 2.24) is 0 Å². The lowest BCUT2D eigenvalue weighted by atomic mass is 9.59. The summed E-state index contributed by atoms with van der Waals surface area (Å²) in [5.74, 6) is -4.20. The van der Waals surface area contributed by atoms with E-state index in [0.717, 1.165) is 12.0 Å². The van der Waals surface area contributed by atoms with Gasteiger partial charge in [0, 0.05) is 41.6 Å². The zero-order valence-electron chi connectivity index (χ0n) is 29.6. The second kappa shape index (κ2) is 11.9. The molecule has 4 N–H and O–H groups in total. The number of hydrogen-bond donors (Lipinski definition) is 4. The molecule has 0 aromatic carbocycles. The van der Waals surface area contributed by atoms with E-state index in [1.165, 1.54) is 30.1 Å². The molecular weight excluding hydrogens is 592 g/mol. The number of carbonyl (C=O) groups is 2. The number of allylic oxidation sites excluding steroid dienone is 9. The number of aliphatic hydroxyl groups excluding tert-OH is 1. The lowest BCUT2D eigenvalue weighted by molar-refractivity contribution is -0.219. The molecule has 0 spiro atoms. The molecule has 0 heterocycles. The third-order valence-corrected chi connectivity index (χ3v) is 12.4. The first-order valence-electron chi connectivity index (χ1n) is 17.1. The van der Waals surface area contributed by atoms with Crippen molar-refractivity contribution >= 4 is 11.8 Å². The highest BCUT2D eigenvalue weighted by molar-refractivity contribution is 6.04. The van der Waals surface area contributed by atoms with Crippen LogP contribution in [0, 0.1) is 34.5 Å². The number of rotatable bonds is 7. The molecule has 5 aliphatic carbocycles. The Balaban J connectivity index is 1.37. The standard InChI is InChI=1S/C40H54O7/c1-23(15-16-29-25(3)14-11-17-36(29,6)7)12-10-13-24(2)18-32(42)47-35-27(5)39(45)30(33-37(8,9)40(33,35)46)20-28(22-41)21-38(44)31(39)19-26(4)34(38)43/h10,12-13,15-16,18-20,27,30-31,33,35,41,44-46H,11,14,17,21-22H2,1-9H3/t27-,30+,31-,33-,35-,38-,39-,40-/m1/s1. The minimum Gasteiger partial charge on any atom is -0.456 e. The predicted octanol–water partition coefficient (Wildman–Crippen LogP) is 6.01. The van der Waals surface area contributed by atoms with E-state index in [1.54, 1.807) is 32.9 Å². The maximum absolute atomic E-state index is 13.4. The van der Waals surface area contributed by atoms with Gasteiger partial charge in [-0.2, -0.15) is 0 Å². The summed E-state index contributed by atoms with van der Waals surface area (Å²) >= 11 is 0. The molecule has 0 radical (unpaired) electrons. The van der Waals surface area contributed by atoms with Crippen LogP contribution in [-0.4, -0.2) is 61.7 Å². The Morgan fingerprint density at radius 2 is 1.72 bits per heavy atom. The molecule has 0 amide bonds. The van der Waals surface area contributed by atoms with Gasteiger partial charge < -0.3 is 25.2 Å². The summed E-state index contributed by atoms with van der Waals surface area (Å²) in [4.78, 5) is 26.6. The second-order valence-corrected chi connectivity index (χ2v) is 16.2. The average Bonchev–Trinajstić information content (AvgIpc) is 3.37. The molecule has 8 atom stereocenters. The van der Waals surface area contributed by atoms with E-state index in [9.17, 15) is 30.0 Å². The van der Waals surface area contributed by atoms with Crippen molar-refractivity contribution in [1.29, 1.82) is 0 Å². The quantitative estimate of drug-likeness (QED) is 0.116. The molecule has 0 aliphatic heterocycles. The summed E-state index contributed by atoms with van der Waals surface area (Å²) in [6.45, 7) is 17.3. The number of carbonyl (C=O) groups excluding carboxylic acids is 2. The van der Waals surface area contributed by atoms with Crippen molar-refractivity contribution in [3.05, 3.63) is 82.0 Å². The van der Waals surface area contributed by atoms with E-state index in [0.29, 0.717) is 16.7 Å². The van der Waals surface area contributed by atoms with E-state index in [1.807, 2.05) is 39.0 Å². The number of Topliss-reactive ketones (excluding diaryl/α,β-unsaturated/α-hetero) is 1. The largest absolute Gasteiger partial charge is 0.456 e. The summed E-state index contributed by atoms with van der Waals surface area (Å²) in [5.41, 5.74) is -0.331. The highest BCUT2D eigenvalue weighted by Crippen LogP contribution is 2.75. The van der Waals surface area contributed by atoms with Gasteiger partial charge in [0.1, 0.15) is 17.3 Å². The number of aliphatic hydroxyl groups is 4. The van der Waals surface area contributed by atoms with Crippen LogP contribution in [0.15, 0.2) is 82.0 Å². The van der Waals surface area contributed by atoms with Crippen molar-refractivity contribution < 1.29 is 34.8 Å². The van der Waals surface area contributed by atoms with Crippen molar-refractivity contribution in [3.8, 4) is 0 Å². The van der Waals surface area contributed by atoms with Crippen LogP contribution in [0.5, 0.6) is 0 Å². The lowest BCUT2D eigenvalue weighted by Gasteiger charge is -2.52. The lowest BCUT2D eigenvalue weighted by Crippen LogP contribution is -2.65. The Morgan fingerprint density at radius 3 is 2.36 bits per heavy atom. The zero-order valence-corrected chi connectivity index (χ0v) is 29.6. The summed E-state index contributed by atoms with van der Waals surface area (Å²) in [6, 6.07) is 0. The Labute approximate surface area is 280 Å². The minimum absolute atomic E-state index is 0.115. The average molecular weight is 647 g/mol. The monoisotopic (exact) mass is 646 g/mol. The molecule has 0 bridgehead atoms. The first kappa shape index (κ1) is 35.5. The molecule has 256 valence electrons. The number of esters is 1. The second-order valence-electron chi connectivity index (χ2n) is 16.2. The SMILES string of the molecule is CC(C=CC1=C(C)CCCC1(C)C)=CC=CC(C)=CC(=O)O[C@@H]1[C@@H](C)[C@@]2(O)[C@@H](C=C(CO)C[C@]3(O)C(=O)C(C)=C[C@@H]23)[C@@H]2C(C)(C)[C@]12O. The molecule has 2 fully saturated rings. The van der Waals surface area contributed by atoms with Gasteiger partial charge in [-0.1, -0.05) is 88.3 Å². The highest BCUT2D eigenvalue weighted by Gasteiger charge is 2.85. The molecule has 47 heavy (non-hydrogen) atoms. The van der Waals surface area contributed by atoms with Crippen LogP contribution in [0.3, 0.4) is 0 Å². The molecule has 7 heteroatoms. The van der Waals surface area contributed by atoms with E-state index >= 15 is 0 Å². The maximum Gasteiger partial charge on any atom is 0.331 e. The van der Waals surface area contributed by atoms with E-state index < -0.39 is 63.7 Å². The first-order valence-corrected chi connectivity index (χ1v) is 17.1. The van der Waals surface area contributed by atoms with E-state index in [2.05, 4.69) is 32.9 Å². The molecule has 5 aliphatic rings. The summed E-state index contributed by atoms with van der Waals surface area (Å²) in [7, 11) is 0. The van der Waals surface area contributed by atoms with Gasteiger partial charge in [0.25, 0.3) is 0 Å². The third kappa shape index (κ3) is 5.51. The van der Waals surface area contributed by atoms with E-state index in [-0.39, 0.29) is 18.4 Å². The smallest absolute Gasteiger partial charge is 0.331 e. The molecule has 0 saturated heterocycles. The molecule has 7 nitrogen and oxygen atoms in total. The van der Waals surface area contributed by atoms with Crippen LogP contribution in [0.4, 0.5) is 0 Å². The predicted molar refractivity (Wildman–Crippen MR) is 183 cm³/mol. The summed E-state index contributed by atoms with van der Waals surface area (Å²) < 4.78 is 6.02. The van der Waals surface area contributed by atoms with Crippen LogP contribution in [0.1, 0.15) is 88.0 Å². The molecule has 0 unspecified atom stereocenters. The van der Waals surface area contributed by atoms with Gasteiger partial charge in [-0.15, -0.1) is 0 Å². The fraction of sp³-hybridized carbons (Fsp3) is 0.600. The first-order chi connectivity index (χ1) is 21.8. The fourth-order valence-electron chi connectivity index (χ4n) is 9.63. The fourth-order valence-corrected chi connectivity index (χ4v) is 9.63. The molecule has 0 aromatic rings. The highest BCUT2D eigenvalue weighted by atomic mass is 16.6.